The van der Waals surface area contributed by atoms with Crippen molar-refractivity contribution < 1.29 is 4.79 Å². The molecule has 1 atom stereocenters. The van der Waals surface area contributed by atoms with Crippen LogP contribution in [0.15, 0.2) is 12.1 Å². The zero-order valence-electron chi connectivity index (χ0n) is 13.2. The number of benzene rings is 1. The average molecular weight is 262 g/mol. The van der Waals surface area contributed by atoms with E-state index in [-0.39, 0.29) is 11.3 Å². The molecular formula is C16H26N2O. The second kappa shape index (κ2) is 5.33. The highest BCUT2D eigenvalue weighted by Crippen LogP contribution is 2.29. The third kappa shape index (κ3) is 3.35. The van der Waals surface area contributed by atoms with Gasteiger partial charge in [0.05, 0.1) is 0 Å². The Balaban J connectivity index is 3.29. The van der Waals surface area contributed by atoms with Crippen LogP contribution in [0.2, 0.25) is 0 Å². The molecule has 0 bridgehead atoms. The van der Waals surface area contributed by atoms with Crippen molar-refractivity contribution >= 4 is 5.91 Å². The van der Waals surface area contributed by atoms with Gasteiger partial charge in [-0.25, -0.2) is 0 Å². The van der Waals surface area contributed by atoms with Crippen LogP contribution < -0.4 is 5.73 Å². The van der Waals surface area contributed by atoms with Crippen molar-refractivity contribution in [1.82, 2.24) is 4.90 Å². The lowest BCUT2D eigenvalue weighted by Gasteiger charge is -2.25. The van der Waals surface area contributed by atoms with E-state index < -0.39 is 6.04 Å². The van der Waals surface area contributed by atoms with Gasteiger partial charge in [0.25, 0.3) is 0 Å². The summed E-state index contributed by atoms with van der Waals surface area (Å²) >= 11 is 0. The van der Waals surface area contributed by atoms with E-state index in [0.29, 0.717) is 0 Å². The van der Waals surface area contributed by atoms with Crippen LogP contribution in [0.1, 0.15) is 49.1 Å². The van der Waals surface area contributed by atoms with Gasteiger partial charge in [0.1, 0.15) is 6.04 Å². The molecule has 0 spiro atoms. The molecule has 1 aromatic carbocycles. The van der Waals surface area contributed by atoms with Crippen molar-refractivity contribution in [3.05, 3.63) is 34.4 Å². The monoisotopic (exact) mass is 262 g/mol. The average Bonchev–Trinajstić information content (AvgIpc) is 2.25. The molecular weight excluding hydrogens is 236 g/mol. The molecule has 0 aliphatic heterocycles. The number of nitrogens with zero attached hydrogens (tertiary/aromatic N) is 1. The van der Waals surface area contributed by atoms with Crippen LogP contribution in [0.4, 0.5) is 0 Å². The highest BCUT2D eigenvalue weighted by Gasteiger charge is 2.23. The summed E-state index contributed by atoms with van der Waals surface area (Å²) in [7, 11) is 3.47. The molecule has 0 aromatic heterocycles. The predicted molar refractivity (Wildman–Crippen MR) is 80.2 cm³/mol. The molecule has 1 unspecified atom stereocenters. The number of hydrogen-bond acceptors (Lipinski definition) is 2. The SMILES string of the molecule is Cc1cc(C(C)(C)C)cc(C)c1C(N)C(=O)N(C)C. The van der Waals surface area contributed by atoms with Crippen molar-refractivity contribution in [1.29, 1.82) is 0 Å². The second-order valence-corrected chi connectivity index (χ2v) is 6.48. The van der Waals surface area contributed by atoms with Gasteiger partial charge in [-0.2, -0.15) is 0 Å². The Hall–Kier alpha value is -1.35. The normalized spacial score (nSPS) is 13.3. The summed E-state index contributed by atoms with van der Waals surface area (Å²) in [4.78, 5) is 13.6. The fraction of sp³-hybridized carbons (Fsp3) is 0.562. The third-order valence-electron chi connectivity index (χ3n) is 3.48. The van der Waals surface area contributed by atoms with Crippen LogP contribution in [0.3, 0.4) is 0 Å². The highest BCUT2D eigenvalue weighted by molar-refractivity contribution is 5.83. The molecule has 1 aromatic rings. The third-order valence-corrected chi connectivity index (χ3v) is 3.48. The molecule has 0 saturated carbocycles. The van der Waals surface area contributed by atoms with Crippen LogP contribution in [0.5, 0.6) is 0 Å². The van der Waals surface area contributed by atoms with Crippen LogP contribution in [-0.2, 0) is 10.2 Å². The molecule has 0 saturated heterocycles. The maximum Gasteiger partial charge on any atom is 0.243 e. The predicted octanol–water partition coefficient (Wildman–Crippen LogP) is 2.69. The summed E-state index contributed by atoms with van der Waals surface area (Å²) in [6.07, 6.45) is 0. The quantitative estimate of drug-likeness (QED) is 0.890. The van der Waals surface area contributed by atoms with Gasteiger partial charge in [0, 0.05) is 14.1 Å². The first kappa shape index (κ1) is 15.7. The molecule has 0 fully saturated rings. The fourth-order valence-corrected chi connectivity index (χ4v) is 2.30. The standard InChI is InChI=1S/C16H26N2O/c1-10-8-12(16(3,4)5)9-11(2)13(10)14(17)15(19)18(6)7/h8-9,14H,17H2,1-7H3. The van der Waals surface area contributed by atoms with Gasteiger partial charge >= 0.3 is 0 Å². The van der Waals surface area contributed by atoms with E-state index in [1.54, 1.807) is 19.0 Å². The summed E-state index contributed by atoms with van der Waals surface area (Å²) in [6, 6.07) is 3.71. The molecule has 0 radical (unpaired) electrons. The van der Waals surface area contributed by atoms with E-state index in [0.717, 1.165) is 16.7 Å². The first-order chi connectivity index (χ1) is 8.55. The summed E-state index contributed by atoms with van der Waals surface area (Å²) in [6.45, 7) is 10.6. The van der Waals surface area contributed by atoms with Gasteiger partial charge in [-0.1, -0.05) is 32.9 Å². The number of rotatable bonds is 2. The molecule has 0 aliphatic carbocycles. The lowest BCUT2D eigenvalue weighted by molar-refractivity contribution is -0.130. The zero-order chi connectivity index (χ0) is 15.0. The van der Waals surface area contributed by atoms with Crippen LogP contribution in [0.25, 0.3) is 0 Å². The molecule has 106 valence electrons. The minimum atomic E-state index is -0.580. The minimum absolute atomic E-state index is 0.0605. The Morgan fingerprint density at radius 2 is 1.58 bits per heavy atom. The fourth-order valence-electron chi connectivity index (χ4n) is 2.30. The smallest absolute Gasteiger partial charge is 0.243 e. The van der Waals surface area contributed by atoms with E-state index in [1.807, 2.05) is 13.8 Å². The number of carbonyl (C=O) groups is 1. The van der Waals surface area contributed by atoms with E-state index in [9.17, 15) is 4.79 Å². The Morgan fingerprint density at radius 1 is 1.16 bits per heavy atom. The first-order valence-corrected chi connectivity index (χ1v) is 6.64. The topological polar surface area (TPSA) is 46.3 Å². The number of amides is 1. The molecule has 1 amide bonds. The first-order valence-electron chi connectivity index (χ1n) is 6.64. The summed E-state index contributed by atoms with van der Waals surface area (Å²) in [5, 5.41) is 0. The van der Waals surface area contributed by atoms with Crippen molar-refractivity contribution in [2.24, 2.45) is 5.73 Å². The van der Waals surface area contributed by atoms with Crippen molar-refractivity contribution in [3.8, 4) is 0 Å². The molecule has 3 heteroatoms. The Bertz CT molecular complexity index is 461. The molecule has 19 heavy (non-hydrogen) atoms. The van der Waals surface area contributed by atoms with E-state index in [1.165, 1.54) is 5.56 Å². The van der Waals surface area contributed by atoms with Crippen LogP contribution in [0, 0.1) is 13.8 Å². The van der Waals surface area contributed by atoms with E-state index in [2.05, 4.69) is 32.9 Å². The molecule has 3 nitrogen and oxygen atoms in total. The van der Waals surface area contributed by atoms with Gasteiger partial charge in [-0.15, -0.1) is 0 Å². The number of likely N-dealkylation sites (N-methyl/N-ethyl adjacent to an activating group) is 1. The molecule has 1 rings (SSSR count). The summed E-state index contributed by atoms with van der Waals surface area (Å²) in [5.41, 5.74) is 10.6. The van der Waals surface area contributed by atoms with Gasteiger partial charge in [0.15, 0.2) is 0 Å². The van der Waals surface area contributed by atoms with Gasteiger partial charge in [-0.3, -0.25) is 4.79 Å². The molecule has 0 heterocycles. The second-order valence-electron chi connectivity index (χ2n) is 6.48. The number of aryl methyl sites for hydroxylation is 2. The summed E-state index contributed by atoms with van der Waals surface area (Å²) < 4.78 is 0. The number of nitrogens with two attached hydrogens (primary N) is 1. The largest absolute Gasteiger partial charge is 0.347 e. The lowest BCUT2D eigenvalue weighted by atomic mass is 9.82. The maximum atomic E-state index is 12.0. The maximum absolute atomic E-state index is 12.0. The van der Waals surface area contributed by atoms with E-state index in [4.69, 9.17) is 5.73 Å². The minimum Gasteiger partial charge on any atom is -0.347 e. The van der Waals surface area contributed by atoms with Gasteiger partial charge in [-0.05, 0) is 41.5 Å². The Labute approximate surface area is 116 Å². The Kier molecular flexibility index (Phi) is 4.41. The number of carbonyl (C=O) groups excluding carboxylic acids is 1. The molecule has 2 N–H and O–H groups in total. The lowest BCUT2D eigenvalue weighted by Crippen LogP contribution is -2.34. The van der Waals surface area contributed by atoms with Gasteiger partial charge in [0.2, 0.25) is 5.91 Å². The number of hydrogen-bond donors (Lipinski definition) is 1. The van der Waals surface area contributed by atoms with Gasteiger partial charge < -0.3 is 10.6 Å². The Morgan fingerprint density at radius 3 is 1.89 bits per heavy atom. The van der Waals surface area contributed by atoms with Crippen molar-refractivity contribution in [2.75, 3.05) is 14.1 Å². The zero-order valence-corrected chi connectivity index (χ0v) is 13.2. The van der Waals surface area contributed by atoms with Crippen molar-refractivity contribution in [3.63, 3.8) is 0 Å². The van der Waals surface area contributed by atoms with Crippen LogP contribution in [-0.4, -0.2) is 24.9 Å². The van der Waals surface area contributed by atoms with Crippen LogP contribution >= 0.6 is 0 Å². The van der Waals surface area contributed by atoms with E-state index >= 15 is 0 Å². The highest BCUT2D eigenvalue weighted by atomic mass is 16.2. The summed E-state index contributed by atoms with van der Waals surface area (Å²) in [5.74, 6) is -0.0605. The molecule has 0 aliphatic rings. The van der Waals surface area contributed by atoms with Crippen molar-refractivity contribution in [2.45, 2.75) is 46.1 Å².